The highest BCUT2D eigenvalue weighted by atomic mass is 32.2. The summed E-state index contributed by atoms with van der Waals surface area (Å²) in [7, 11) is 4.17. The van der Waals surface area contributed by atoms with E-state index in [1.165, 1.54) is 0 Å². The Kier molecular flexibility index (Phi) is 10.1. The molecule has 0 saturated heterocycles. The Morgan fingerprint density at radius 2 is 2.00 bits per heavy atom. The van der Waals surface area contributed by atoms with Crippen LogP contribution in [-0.2, 0) is 6.54 Å². The van der Waals surface area contributed by atoms with E-state index >= 15 is 0 Å². The molecule has 4 nitrogen and oxygen atoms in total. The second-order valence-electron chi connectivity index (χ2n) is 6.42. The van der Waals surface area contributed by atoms with Gasteiger partial charge in [-0.15, -0.1) is 0 Å². The molecule has 0 aliphatic heterocycles. The molecule has 0 unspecified atom stereocenters. The first-order valence-electron chi connectivity index (χ1n) is 8.66. The Labute approximate surface area is 152 Å². The predicted molar refractivity (Wildman–Crippen MR) is 108 cm³/mol. The molecule has 24 heavy (non-hydrogen) atoms. The molecule has 1 N–H and O–H groups in total. The number of hydrogen-bond acceptors (Lipinski definition) is 5. The predicted octanol–water partition coefficient (Wildman–Crippen LogP) is 3.26. The molecule has 0 bridgehead atoms. The third-order valence-electron chi connectivity index (χ3n) is 3.93. The van der Waals surface area contributed by atoms with Crippen LogP contribution in [0.25, 0.3) is 0 Å². The zero-order chi connectivity index (χ0) is 17.9. The van der Waals surface area contributed by atoms with E-state index < -0.39 is 0 Å². The van der Waals surface area contributed by atoms with E-state index in [9.17, 15) is 5.11 Å². The fourth-order valence-corrected chi connectivity index (χ4v) is 2.91. The van der Waals surface area contributed by atoms with Gasteiger partial charge in [0.2, 0.25) is 0 Å². The second kappa shape index (κ2) is 11.5. The van der Waals surface area contributed by atoms with Crippen LogP contribution in [0.15, 0.2) is 17.1 Å². The maximum atomic E-state index is 10.6. The van der Waals surface area contributed by atoms with Crippen molar-refractivity contribution in [2.45, 2.75) is 26.8 Å². The van der Waals surface area contributed by atoms with E-state index in [0.29, 0.717) is 5.75 Å². The van der Waals surface area contributed by atoms with Crippen molar-refractivity contribution in [3.05, 3.63) is 28.8 Å². The largest absolute Gasteiger partial charge is 0.507 e. The number of rotatable bonds is 11. The lowest BCUT2D eigenvalue weighted by atomic mass is 10.0. The van der Waals surface area contributed by atoms with Crippen molar-refractivity contribution in [1.82, 2.24) is 9.80 Å². The normalized spacial score (nSPS) is 12.0. The molecule has 0 aliphatic rings. The maximum Gasteiger partial charge on any atom is 0.128 e. The fourth-order valence-electron chi connectivity index (χ4n) is 2.50. The van der Waals surface area contributed by atoms with E-state index in [4.69, 9.17) is 0 Å². The third kappa shape index (κ3) is 7.69. The summed E-state index contributed by atoms with van der Waals surface area (Å²) >= 11 is 1.84. The fraction of sp³-hybridized carbons (Fsp3) is 0.632. The lowest BCUT2D eigenvalue weighted by molar-refractivity contribution is 0.241. The zero-order valence-corrected chi connectivity index (χ0v) is 16.7. The zero-order valence-electron chi connectivity index (χ0n) is 15.9. The highest BCUT2D eigenvalue weighted by Crippen LogP contribution is 2.24. The van der Waals surface area contributed by atoms with E-state index in [1.54, 1.807) is 0 Å². The minimum atomic E-state index is 0.373. The molecule has 0 atom stereocenters. The molecule has 0 aliphatic carbocycles. The van der Waals surface area contributed by atoms with Crippen molar-refractivity contribution in [1.29, 1.82) is 0 Å². The Morgan fingerprint density at radius 1 is 1.25 bits per heavy atom. The topological polar surface area (TPSA) is 39.1 Å². The molecule has 1 rings (SSSR count). The van der Waals surface area contributed by atoms with Crippen molar-refractivity contribution in [3.8, 4) is 5.75 Å². The molecule has 0 radical (unpaired) electrons. The van der Waals surface area contributed by atoms with Crippen LogP contribution >= 0.6 is 11.8 Å². The standard InChI is InChI=1S/C19H33N3OS/c1-6-22(10-9-21(3)4)15-18-13-16(2)12-17(19(18)23)14-20-8-7-11-24-5/h12-14,23H,6-11,15H2,1-5H3. The molecular formula is C19H33N3OS. The molecule has 0 amide bonds. The number of thioether (sulfide) groups is 1. The van der Waals surface area contributed by atoms with Crippen LogP contribution in [0.1, 0.15) is 30.0 Å². The quantitative estimate of drug-likeness (QED) is 0.491. The first-order valence-corrected chi connectivity index (χ1v) is 10.1. The van der Waals surface area contributed by atoms with Crippen molar-refractivity contribution in [3.63, 3.8) is 0 Å². The van der Waals surface area contributed by atoms with Gasteiger partial charge >= 0.3 is 0 Å². The van der Waals surface area contributed by atoms with Gasteiger partial charge in [0, 0.05) is 43.5 Å². The summed E-state index contributed by atoms with van der Waals surface area (Å²) in [4.78, 5) is 9.00. The molecule has 0 aromatic heterocycles. The number of aliphatic imine (C=N–C) groups is 1. The van der Waals surface area contributed by atoms with Gasteiger partial charge < -0.3 is 10.0 Å². The van der Waals surface area contributed by atoms with E-state index in [2.05, 4.69) is 55.1 Å². The third-order valence-corrected chi connectivity index (χ3v) is 4.63. The van der Waals surface area contributed by atoms with Crippen LogP contribution in [-0.4, -0.2) is 73.4 Å². The lowest BCUT2D eigenvalue weighted by Gasteiger charge is -2.23. The van der Waals surface area contributed by atoms with Gasteiger partial charge in [-0.25, -0.2) is 0 Å². The number of hydrogen-bond donors (Lipinski definition) is 1. The Morgan fingerprint density at radius 3 is 2.62 bits per heavy atom. The van der Waals surface area contributed by atoms with Crippen molar-refractivity contribution in [2.24, 2.45) is 4.99 Å². The number of aryl methyl sites for hydroxylation is 1. The first kappa shape index (κ1) is 21.0. The summed E-state index contributed by atoms with van der Waals surface area (Å²) in [5, 5.41) is 10.6. The Hall–Kier alpha value is -1.04. The molecule has 5 heteroatoms. The van der Waals surface area contributed by atoms with Crippen LogP contribution in [0.4, 0.5) is 0 Å². The van der Waals surface area contributed by atoms with Crippen LogP contribution in [0, 0.1) is 6.92 Å². The van der Waals surface area contributed by atoms with Crippen LogP contribution in [0.5, 0.6) is 5.75 Å². The summed E-state index contributed by atoms with van der Waals surface area (Å²) in [6.45, 7) is 8.80. The van der Waals surface area contributed by atoms with E-state index in [-0.39, 0.29) is 0 Å². The molecule has 136 valence electrons. The summed E-state index contributed by atoms with van der Waals surface area (Å²) in [5.41, 5.74) is 2.98. The summed E-state index contributed by atoms with van der Waals surface area (Å²) in [6, 6.07) is 4.09. The number of benzene rings is 1. The minimum absolute atomic E-state index is 0.373. The van der Waals surface area contributed by atoms with Gasteiger partial charge in [-0.2, -0.15) is 11.8 Å². The highest BCUT2D eigenvalue weighted by Gasteiger charge is 2.11. The van der Waals surface area contributed by atoms with Gasteiger partial charge in [-0.1, -0.05) is 13.0 Å². The molecule has 0 spiro atoms. The van der Waals surface area contributed by atoms with Gasteiger partial charge in [0.05, 0.1) is 0 Å². The number of aromatic hydroxyl groups is 1. The molecule has 1 aromatic carbocycles. The van der Waals surface area contributed by atoms with E-state index in [0.717, 1.165) is 61.6 Å². The Bertz CT molecular complexity index is 518. The van der Waals surface area contributed by atoms with Crippen molar-refractivity contribution < 1.29 is 5.11 Å². The number of nitrogens with zero attached hydrogens (tertiary/aromatic N) is 3. The van der Waals surface area contributed by atoms with Crippen molar-refractivity contribution >= 4 is 18.0 Å². The van der Waals surface area contributed by atoms with E-state index in [1.807, 2.05) is 24.0 Å². The first-order chi connectivity index (χ1) is 11.5. The molecular weight excluding hydrogens is 318 g/mol. The smallest absolute Gasteiger partial charge is 0.128 e. The number of phenols is 1. The molecule has 1 aromatic rings. The number of phenolic OH excluding ortho intramolecular Hbond substituents is 1. The van der Waals surface area contributed by atoms with Crippen LogP contribution < -0.4 is 0 Å². The summed E-state index contributed by atoms with van der Waals surface area (Å²) < 4.78 is 0. The monoisotopic (exact) mass is 351 g/mol. The highest BCUT2D eigenvalue weighted by molar-refractivity contribution is 7.98. The minimum Gasteiger partial charge on any atom is -0.507 e. The average Bonchev–Trinajstić information content (AvgIpc) is 2.54. The van der Waals surface area contributed by atoms with Gasteiger partial charge in [0.15, 0.2) is 0 Å². The number of likely N-dealkylation sites (N-methyl/N-ethyl adjacent to an activating group) is 2. The summed E-state index contributed by atoms with van der Waals surface area (Å²) in [5.74, 6) is 1.50. The average molecular weight is 352 g/mol. The molecule has 0 saturated carbocycles. The SMILES string of the molecule is CCN(CCN(C)C)Cc1cc(C)cc(C=NCCCSC)c1O. The van der Waals surface area contributed by atoms with Crippen LogP contribution in [0.3, 0.4) is 0 Å². The maximum absolute atomic E-state index is 10.6. The molecule has 0 heterocycles. The van der Waals surface area contributed by atoms with Gasteiger partial charge in [-0.05, 0) is 57.6 Å². The summed E-state index contributed by atoms with van der Waals surface area (Å²) in [6.07, 6.45) is 5.01. The lowest BCUT2D eigenvalue weighted by Crippen LogP contribution is -2.31. The second-order valence-corrected chi connectivity index (χ2v) is 7.40. The van der Waals surface area contributed by atoms with Gasteiger partial charge in [-0.3, -0.25) is 9.89 Å². The van der Waals surface area contributed by atoms with Crippen LogP contribution in [0.2, 0.25) is 0 Å². The Balaban J connectivity index is 2.80. The van der Waals surface area contributed by atoms with Crippen molar-refractivity contribution in [2.75, 3.05) is 52.3 Å². The van der Waals surface area contributed by atoms with Gasteiger partial charge in [0.1, 0.15) is 5.75 Å². The van der Waals surface area contributed by atoms with Gasteiger partial charge in [0.25, 0.3) is 0 Å². The molecule has 0 fully saturated rings.